The molecule has 0 bridgehead atoms. The molecule has 0 heterocycles. The molecule has 0 unspecified atom stereocenters. The minimum atomic E-state index is -2.45. The quantitative estimate of drug-likeness (QED) is 0.466. The van der Waals surface area contributed by atoms with Gasteiger partial charge in [0.05, 0.1) is 0 Å². The van der Waals surface area contributed by atoms with Crippen LogP contribution in [0.15, 0.2) is 30.3 Å². The summed E-state index contributed by atoms with van der Waals surface area (Å²) in [5.41, 5.74) is 0. The second-order valence-electron chi connectivity index (χ2n) is 3.57. The average Bonchev–Trinajstić information content (AvgIpc) is 2.18. The van der Waals surface area contributed by atoms with Crippen molar-refractivity contribution in [3.05, 3.63) is 30.3 Å². The second kappa shape index (κ2) is 8.10. The minimum Gasteiger partial charge on any atom is -0.508 e. The van der Waals surface area contributed by atoms with E-state index in [1.165, 1.54) is 0 Å². The molecular weight excluding hydrogens is 208 g/mol. The van der Waals surface area contributed by atoms with Gasteiger partial charge in [-0.1, -0.05) is 38.0 Å². The molecule has 0 radical (unpaired) electrons. The Balaban J connectivity index is 0.000000288. The van der Waals surface area contributed by atoms with Crippen LogP contribution in [0.2, 0.25) is 0 Å². The highest BCUT2D eigenvalue weighted by molar-refractivity contribution is 5.18. The fourth-order valence-corrected chi connectivity index (χ4v) is 1.04. The van der Waals surface area contributed by atoms with E-state index in [0.29, 0.717) is 12.2 Å². The number of phenolic OH excluding ortho intramolecular Hbond substituents is 1. The number of unbranched alkanes of at least 4 members (excludes halogenated alkanes) is 2. The number of phenols is 1. The van der Waals surface area contributed by atoms with Crippen molar-refractivity contribution < 1.29 is 20.4 Å². The Hall–Kier alpha value is -1.10. The molecule has 0 saturated carbocycles. The van der Waals surface area contributed by atoms with E-state index in [-0.39, 0.29) is 6.42 Å². The lowest BCUT2D eigenvalue weighted by molar-refractivity contribution is -0.314. The molecule has 0 aliphatic carbocycles. The highest BCUT2D eigenvalue weighted by Gasteiger charge is 2.15. The van der Waals surface area contributed by atoms with Gasteiger partial charge in [-0.2, -0.15) is 0 Å². The van der Waals surface area contributed by atoms with Gasteiger partial charge in [0.1, 0.15) is 5.75 Å². The Kier molecular flexibility index (Phi) is 7.54. The average molecular weight is 228 g/mol. The molecule has 92 valence electrons. The molecular formula is C12H20O4. The first kappa shape index (κ1) is 14.9. The van der Waals surface area contributed by atoms with Gasteiger partial charge in [-0.05, 0) is 18.6 Å². The van der Waals surface area contributed by atoms with Crippen LogP contribution >= 0.6 is 0 Å². The van der Waals surface area contributed by atoms with Crippen molar-refractivity contribution in [1.82, 2.24) is 0 Å². The highest BCUT2D eigenvalue weighted by atomic mass is 16.7. The molecule has 16 heavy (non-hydrogen) atoms. The molecule has 1 aromatic rings. The van der Waals surface area contributed by atoms with Crippen LogP contribution in [0.5, 0.6) is 5.75 Å². The van der Waals surface area contributed by atoms with Gasteiger partial charge in [0.2, 0.25) is 0 Å². The Morgan fingerprint density at radius 3 is 1.88 bits per heavy atom. The summed E-state index contributed by atoms with van der Waals surface area (Å²) in [6, 6.07) is 8.71. The molecule has 4 N–H and O–H groups in total. The largest absolute Gasteiger partial charge is 0.508 e. The van der Waals surface area contributed by atoms with Crippen molar-refractivity contribution in [3.8, 4) is 5.75 Å². The van der Waals surface area contributed by atoms with Crippen LogP contribution in [0.25, 0.3) is 0 Å². The third-order valence-electron chi connectivity index (χ3n) is 1.87. The van der Waals surface area contributed by atoms with Crippen LogP contribution < -0.4 is 0 Å². The standard InChI is InChI=1S/C6H14O3.C6H6O/c1-2-3-4-5-6(7,8)9;7-6-4-2-1-3-5-6/h7-9H,2-5H2,1H3;1-5,7H. The van der Waals surface area contributed by atoms with E-state index in [2.05, 4.69) is 0 Å². The van der Waals surface area contributed by atoms with E-state index >= 15 is 0 Å². The highest BCUT2D eigenvalue weighted by Crippen LogP contribution is 2.07. The second-order valence-corrected chi connectivity index (χ2v) is 3.57. The van der Waals surface area contributed by atoms with Gasteiger partial charge >= 0.3 is 0 Å². The summed E-state index contributed by atoms with van der Waals surface area (Å²) >= 11 is 0. The molecule has 4 nitrogen and oxygen atoms in total. The van der Waals surface area contributed by atoms with Gasteiger partial charge in [-0.15, -0.1) is 0 Å². The molecule has 0 aliphatic rings. The van der Waals surface area contributed by atoms with Gasteiger partial charge < -0.3 is 20.4 Å². The van der Waals surface area contributed by atoms with Crippen molar-refractivity contribution in [3.63, 3.8) is 0 Å². The summed E-state index contributed by atoms with van der Waals surface area (Å²) in [4.78, 5) is 0. The summed E-state index contributed by atoms with van der Waals surface area (Å²) in [6.07, 6.45) is 2.63. The van der Waals surface area contributed by atoms with Crippen LogP contribution in [0.1, 0.15) is 32.6 Å². The Labute approximate surface area is 95.8 Å². The first-order valence-corrected chi connectivity index (χ1v) is 5.37. The molecule has 0 aliphatic heterocycles. The van der Waals surface area contributed by atoms with Crippen LogP contribution in [0.4, 0.5) is 0 Å². The van der Waals surface area contributed by atoms with E-state index in [0.717, 1.165) is 12.8 Å². The summed E-state index contributed by atoms with van der Waals surface area (Å²) in [5.74, 6) is -2.13. The molecule has 4 heteroatoms. The van der Waals surface area contributed by atoms with Gasteiger partial charge in [-0.3, -0.25) is 0 Å². The third kappa shape index (κ3) is 11.0. The van der Waals surface area contributed by atoms with Crippen LogP contribution in [0.3, 0.4) is 0 Å². The number of benzene rings is 1. The summed E-state index contributed by atoms with van der Waals surface area (Å²) < 4.78 is 0. The number of hydrogen-bond acceptors (Lipinski definition) is 4. The lowest BCUT2D eigenvalue weighted by Crippen LogP contribution is -2.26. The van der Waals surface area contributed by atoms with Gasteiger partial charge in [-0.25, -0.2) is 0 Å². The Bertz CT molecular complexity index is 253. The number of aromatic hydroxyl groups is 1. The zero-order valence-electron chi connectivity index (χ0n) is 9.50. The van der Waals surface area contributed by atoms with Gasteiger partial charge in [0.15, 0.2) is 0 Å². The van der Waals surface area contributed by atoms with Crippen molar-refractivity contribution >= 4 is 0 Å². The number of rotatable bonds is 4. The molecule has 0 saturated heterocycles. The zero-order chi connectivity index (χ0) is 12.4. The Morgan fingerprint density at radius 1 is 1.00 bits per heavy atom. The zero-order valence-corrected chi connectivity index (χ0v) is 9.50. The first-order valence-electron chi connectivity index (χ1n) is 5.37. The number of para-hydroxylation sites is 1. The molecule has 0 spiro atoms. The first-order chi connectivity index (χ1) is 7.45. The minimum absolute atomic E-state index is 0.0425. The van der Waals surface area contributed by atoms with E-state index in [9.17, 15) is 0 Å². The summed E-state index contributed by atoms with van der Waals surface area (Å²) in [5, 5.41) is 33.7. The predicted octanol–water partition coefficient (Wildman–Crippen LogP) is 1.59. The van der Waals surface area contributed by atoms with Crippen LogP contribution in [-0.4, -0.2) is 26.4 Å². The summed E-state index contributed by atoms with van der Waals surface area (Å²) in [6.45, 7) is 2.01. The molecule has 0 amide bonds. The lowest BCUT2D eigenvalue weighted by Gasteiger charge is -2.12. The molecule has 1 aromatic carbocycles. The smallest absolute Gasteiger partial charge is 0.275 e. The van der Waals surface area contributed by atoms with Crippen molar-refractivity contribution in [2.24, 2.45) is 0 Å². The van der Waals surface area contributed by atoms with E-state index in [4.69, 9.17) is 20.4 Å². The predicted molar refractivity (Wildman–Crippen MR) is 61.6 cm³/mol. The van der Waals surface area contributed by atoms with Gasteiger partial charge in [0.25, 0.3) is 5.97 Å². The van der Waals surface area contributed by atoms with Crippen LogP contribution in [0, 0.1) is 0 Å². The normalized spacial score (nSPS) is 10.5. The Morgan fingerprint density at radius 2 is 1.56 bits per heavy atom. The van der Waals surface area contributed by atoms with Crippen molar-refractivity contribution in [1.29, 1.82) is 0 Å². The van der Waals surface area contributed by atoms with Crippen LogP contribution in [-0.2, 0) is 0 Å². The molecule has 0 aromatic heterocycles. The van der Waals surface area contributed by atoms with Crippen molar-refractivity contribution in [2.45, 2.75) is 38.6 Å². The van der Waals surface area contributed by atoms with E-state index < -0.39 is 5.97 Å². The molecule has 0 fully saturated rings. The SMILES string of the molecule is CCCCCC(O)(O)O.Oc1ccccc1. The maximum Gasteiger partial charge on any atom is 0.275 e. The summed E-state index contributed by atoms with van der Waals surface area (Å²) in [7, 11) is 0. The van der Waals surface area contributed by atoms with E-state index in [1.54, 1.807) is 24.3 Å². The molecule has 1 rings (SSSR count). The lowest BCUT2D eigenvalue weighted by atomic mass is 10.2. The third-order valence-corrected chi connectivity index (χ3v) is 1.87. The van der Waals surface area contributed by atoms with E-state index in [1.807, 2.05) is 13.0 Å². The fourth-order valence-electron chi connectivity index (χ4n) is 1.04. The number of aliphatic hydroxyl groups is 3. The maximum absolute atomic E-state index is 8.63. The number of hydrogen-bond donors (Lipinski definition) is 4. The fraction of sp³-hybridized carbons (Fsp3) is 0.500. The van der Waals surface area contributed by atoms with Crippen molar-refractivity contribution in [2.75, 3.05) is 0 Å². The molecule has 0 atom stereocenters. The van der Waals surface area contributed by atoms with Gasteiger partial charge in [0, 0.05) is 6.42 Å². The maximum atomic E-state index is 8.63. The monoisotopic (exact) mass is 228 g/mol. The topological polar surface area (TPSA) is 80.9 Å².